The number of hydrazone groups is 1. The minimum Gasteiger partial charge on any atom is -0.337 e. The van der Waals surface area contributed by atoms with Gasteiger partial charge in [-0.3, -0.25) is 9.59 Å². The molecule has 1 N–H and O–H groups in total. The summed E-state index contributed by atoms with van der Waals surface area (Å²) in [4.78, 5) is 24.8. The zero-order valence-electron chi connectivity index (χ0n) is 10.5. The molecule has 2 amide bonds. The van der Waals surface area contributed by atoms with Crippen LogP contribution in [0.5, 0.6) is 0 Å². The van der Waals surface area contributed by atoms with Crippen molar-refractivity contribution in [2.24, 2.45) is 5.10 Å². The fourth-order valence-electron chi connectivity index (χ4n) is 1.69. The molecule has 0 saturated heterocycles. The predicted octanol–water partition coefficient (Wildman–Crippen LogP) is 0.852. The van der Waals surface area contributed by atoms with Crippen molar-refractivity contribution in [1.82, 2.24) is 10.3 Å². The highest BCUT2D eigenvalue weighted by Gasteiger charge is 2.25. The maximum Gasteiger partial charge on any atom is 0.270 e. The first kappa shape index (κ1) is 14.0. The van der Waals surface area contributed by atoms with Gasteiger partial charge in [0.25, 0.3) is 5.91 Å². The number of hydrogen-bond acceptors (Lipinski definition) is 4. The van der Waals surface area contributed by atoms with Gasteiger partial charge in [-0.25, -0.2) is 5.43 Å². The molecule has 0 aromatic carbocycles. The zero-order valence-corrected chi connectivity index (χ0v) is 11.3. The fourth-order valence-corrected chi connectivity index (χ4v) is 2.54. The molecule has 0 aromatic rings. The van der Waals surface area contributed by atoms with Crippen molar-refractivity contribution >= 4 is 29.3 Å². The summed E-state index contributed by atoms with van der Waals surface area (Å²) in [5.41, 5.74) is 2.80. The molecule has 1 aliphatic heterocycles. The molecule has 1 aliphatic rings. The lowest BCUT2D eigenvalue weighted by atomic mass is 10.1. The third-order valence-electron chi connectivity index (χ3n) is 2.85. The second-order valence-electron chi connectivity index (χ2n) is 4.03. The molecular formula is C11H19N3O2S. The Morgan fingerprint density at radius 3 is 2.76 bits per heavy atom. The summed E-state index contributed by atoms with van der Waals surface area (Å²) in [5, 5.41) is 3.83. The van der Waals surface area contributed by atoms with Gasteiger partial charge in [0.15, 0.2) is 0 Å². The van der Waals surface area contributed by atoms with Gasteiger partial charge in [-0.15, -0.1) is 0 Å². The third-order valence-corrected chi connectivity index (χ3v) is 3.57. The molecule has 1 heterocycles. The van der Waals surface area contributed by atoms with Crippen molar-refractivity contribution in [3.63, 3.8) is 0 Å². The number of thioether (sulfide) groups is 1. The smallest absolute Gasteiger partial charge is 0.270 e. The van der Waals surface area contributed by atoms with E-state index in [0.717, 1.165) is 12.2 Å². The summed E-state index contributed by atoms with van der Waals surface area (Å²) >= 11 is 1.72. The van der Waals surface area contributed by atoms with Crippen molar-refractivity contribution in [2.45, 2.75) is 32.2 Å². The fraction of sp³-hybridized carbons (Fsp3) is 0.727. The third kappa shape index (κ3) is 3.73. The van der Waals surface area contributed by atoms with Gasteiger partial charge in [0.05, 0.1) is 0 Å². The molecule has 0 aliphatic carbocycles. The van der Waals surface area contributed by atoms with E-state index < -0.39 is 0 Å². The Morgan fingerprint density at radius 2 is 2.29 bits per heavy atom. The summed E-state index contributed by atoms with van der Waals surface area (Å²) in [7, 11) is 1.80. The van der Waals surface area contributed by atoms with Crippen LogP contribution in [0.2, 0.25) is 0 Å². The van der Waals surface area contributed by atoms with Gasteiger partial charge in [-0.1, -0.05) is 6.92 Å². The second-order valence-corrected chi connectivity index (χ2v) is 4.94. The number of nitrogens with zero attached hydrogens (tertiary/aromatic N) is 2. The van der Waals surface area contributed by atoms with E-state index in [1.54, 1.807) is 23.7 Å². The minimum absolute atomic E-state index is 0.0779. The lowest BCUT2D eigenvalue weighted by molar-refractivity contribution is -0.125. The van der Waals surface area contributed by atoms with Crippen molar-refractivity contribution in [2.75, 3.05) is 19.1 Å². The maximum atomic E-state index is 12.1. The largest absolute Gasteiger partial charge is 0.337 e. The van der Waals surface area contributed by atoms with Crippen molar-refractivity contribution in [3.8, 4) is 0 Å². The molecule has 1 unspecified atom stereocenters. The van der Waals surface area contributed by atoms with E-state index in [0.29, 0.717) is 18.6 Å². The highest BCUT2D eigenvalue weighted by molar-refractivity contribution is 7.98. The van der Waals surface area contributed by atoms with E-state index in [1.165, 1.54) is 0 Å². The number of amides is 2. The van der Waals surface area contributed by atoms with Crippen LogP contribution in [0.15, 0.2) is 5.10 Å². The van der Waals surface area contributed by atoms with E-state index in [2.05, 4.69) is 17.5 Å². The molecule has 0 spiro atoms. The van der Waals surface area contributed by atoms with Gasteiger partial charge in [0.1, 0.15) is 5.71 Å². The summed E-state index contributed by atoms with van der Waals surface area (Å²) in [6.07, 6.45) is 3.73. The van der Waals surface area contributed by atoms with Crippen molar-refractivity contribution in [1.29, 1.82) is 0 Å². The van der Waals surface area contributed by atoms with E-state index in [4.69, 9.17) is 0 Å². The Bertz CT molecular complexity index is 331. The standard InChI is InChI=1S/C11H19N3O2S/c1-4-8(7-17-3)14(2)11(16)9-5-6-10(15)13-12-9/h8H,4-7H2,1-3H3,(H,13,15). The molecule has 0 saturated carbocycles. The van der Waals surface area contributed by atoms with Gasteiger partial charge < -0.3 is 4.90 Å². The zero-order chi connectivity index (χ0) is 12.8. The molecular weight excluding hydrogens is 238 g/mol. The van der Waals surface area contributed by atoms with Crippen molar-refractivity contribution in [3.05, 3.63) is 0 Å². The molecule has 5 nitrogen and oxygen atoms in total. The van der Waals surface area contributed by atoms with Crippen LogP contribution in [-0.2, 0) is 9.59 Å². The van der Waals surface area contributed by atoms with Gasteiger partial charge in [-0.2, -0.15) is 16.9 Å². The molecule has 17 heavy (non-hydrogen) atoms. The Kier molecular flexibility index (Phi) is 5.47. The van der Waals surface area contributed by atoms with Crippen LogP contribution < -0.4 is 5.43 Å². The minimum atomic E-state index is -0.125. The molecule has 6 heteroatoms. The first-order chi connectivity index (χ1) is 8.10. The average molecular weight is 257 g/mol. The Labute approximate surface area is 106 Å². The quantitative estimate of drug-likeness (QED) is 0.794. The predicted molar refractivity (Wildman–Crippen MR) is 70.0 cm³/mol. The van der Waals surface area contributed by atoms with Crippen LogP contribution >= 0.6 is 11.8 Å². The van der Waals surface area contributed by atoms with Crippen LogP contribution in [0.25, 0.3) is 0 Å². The van der Waals surface area contributed by atoms with Crippen molar-refractivity contribution < 1.29 is 9.59 Å². The number of rotatable bonds is 5. The van der Waals surface area contributed by atoms with E-state index >= 15 is 0 Å². The van der Waals surface area contributed by atoms with E-state index in [9.17, 15) is 9.59 Å². The molecule has 96 valence electrons. The summed E-state index contributed by atoms with van der Waals surface area (Å²) in [5.74, 6) is 0.713. The lowest BCUT2D eigenvalue weighted by Gasteiger charge is -2.27. The molecule has 1 atom stereocenters. The van der Waals surface area contributed by atoms with E-state index in [1.807, 2.05) is 6.26 Å². The van der Waals surface area contributed by atoms with Crippen LogP contribution in [0.4, 0.5) is 0 Å². The van der Waals surface area contributed by atoms with Gasteiger partial charge in [0, 0.05) is 31.7 Å². The molecule has 0 radical (unpaired) electrons. The first-order valence-electron chi connectivity index (χ1n) is 5.71. The topological polar surface area (TPSA) is 61.8 Å². The average Bonchev–Trinajstić information content (AvgIpc) is 2.35. The summed E-state index contributed by atoms with van der Waals surface area (Å²) in [6, 6.07) is 0.220. The number of carbonyl (C=O) groups is 2. The van der Waals surface area contributed by atoms with Gasteiger partial charge >= 0.3 is 0 Å². The number of hydrogen-bond donors (Lipinski definition) is 1. The maximum absolute atomic E-state index is 12.1. The summed E-state index contributed by atoms with van der Waals surface area (Å²) < 4.78 is 0. The SMILES string of the molecule is CCC(CSC)N(C)C(=O)C1=NNC(=O)CC1. The first-order valence-corrected chi connectivity index (χ1v) is 7.11. The van der Waals surface area contributed by atoms with Crippen LogP contribution in [-0.4, -0.2) is 47.5 Å². The molecule has 0 bridgehead atoms. The lowest BCUT2D eigenvalue weighted by Crippen LogP contribution is -2.44. The Hall–Kier alpha value is -1.04. The number of carbonyl (C=O) groups excluding carboxylic acids is 2. The Morgan fingerprint density at radius 1 is 1.59 bits per heavy atom. The molecule has 0 aromatic heterocycles. The van der Waals surface area contributed by atoms with Gasteiger partial charge in [-0.05, 0) is 12.7 Å². The Balaban J connectivity index is 2.65. The second kappa shape index (κ2) is 6.64. The normalized spacial score (nSPS) is 17.1. The van der Waals surface area contributed by atoms with Gasteiger partial charge in [0.2, 0.25) is 5.91 Å². The molecule has 1 rings (SSSR count). The summed E-state index contributed by atoms with van der Waals surface area (Å²) in [6.45, 7) is 2.06. The monoisotopic (exact) mass is 257 g/mol. The van der Waals surface area contributed by atoms with Crippen LogP contribution in [0.3, 0.4) is 0 Å². The van der Waals surface area contributed by atoms with Crippen LogP contribution in [0.1, 0.15) is 26.2 Å². The molecule has 0 fully saturated rings. The highest BCUT2D eigenvalue weighted by atomic mass is 32.2. The van der Waals surface area contributed by atoms with E-state index in [-0.39, 0.29) is 17.9 Å². The number of nitrogens with one attached hydrogen (secondary N) is 1. The van der Waals surface area contributed by atoms with Crippen LogP contribution in [0, 0.1) is 0 Å². The highest BCUT2D eigenvalue weighted by Crippen LogP contribution is 2.11.